The predicted octanol–water partition coefficient (Wildman–Crippen LogP) is 2.09. The van der Waals surface area contributed by atoms with Crippen molar-refractivity contribution in [3.05, 3.63) is 0 Å². The van der Waals surface area contributed by atoms with Crippen molar-refractivity contribution in [3.63, 3.8) is 0 Å². The van der Waals surface area contributed by atoms with E-state index in [0.717, 1.165) is 6.61 Å². The molecule has 2 N–H and O–H groups in total. The molecular weight excluding hydrogens is 152 g/mol. The van der Waals surface area contributed by atoms with Gasteiger partial charge in [0.1, 0.15) is 0 Å². The summed E-state index contributed by atoms with van der Waals surface area (Å²) in [4.78, 5) is 0. The summed E-state index contributed by atoms with van der Waals surface area (Å²) in [5.74, 6) is 7.75. The highest BCUT2D eigenvalue weighted by molar-refractivity contribution is 5.20. The normalized spacial score (nSPS) is 6.33. The molecule has 0 atom stereocenters. The Labute approximate surface area is 81.6 Å². The first-order valence-corrected chi connectivity index (χ1v) is 3.55. The van der Waals surface area contributed by atoms with Crippen LogP contribution in [-0.4, -0.2) is 19.2 Å². The number of hydrogen-bond acceptors (Lipinski definition) is 1. The summed E-state index contributed by atoms with van der Waals surface area (Å²) in [6.45, 7) is 6.84. The molecule has 2 nitrogen and oxygen atoms in total. The first kappa shape index (κ1) is 17.2. The third kappa shape index (κ3) is 35.8. The number of hydrogen-bond donors (Lipinski definition) is 0. The Bertz CT molecular complexity index is 168. The zero-order chi connectivity index (χ0) is 9.11. The van der Waals surface area contributed by atoms with Gasteiger partial charge >= 0.3 is 0 Å². The standard InChI is InChI=1S/C5H12O.C5H4.H2O.4H2/c1-5(2)4-6-3;1-3-5-4-2;;;;;/h5H,4H2,1-3H3;1H,2H3;1H2;4*1H. The van der Waals surface area contributed by atoms with Crippen molar-refractivity contribution >= 4 is 0 Å². The average Bonchev–Trinajstić information content (AvgIpc) is 1.90. The van der Waals surface area contributed by atoms with E-state index in [9.17, 15) is 0 Å². The maximum absolute atomic E-state index is 4.80. The van der Waals surface area contributed by atoms with E-state index in [4.69, 9.17) is 11.2 Å². The second-order valence-electron chi connectivity index (χ2n) is 2.37. The number of ether oxygens (including phenoxy) is 1. The molecule has 0 radical (unpaired) electrons. The summed E-state index contributed by atoms with van der Waals surface area (Å²) in [5, 5.41) is 0. The van der Waals surface area contributed by atoms with Crippen LogP contribution in [0.5, 0.6) is 0 Å². The number of methoxy groups -OCH3 is 1. The van der Waals surface area contributed by atoms with Crippen molar-refractivity contribution in [2.45, 2.75) is 20.8 Å². The lowest BCUT2D eigenvalue weighted by Crippen LogP contribution is -1.96. The quantitative estimate of drug-likeness (QED) is 0.597. The summed E-state index contributed by atoms with van der Waals surface area (Å²) in [7, 11) is 1.72. The highest BCUT2D eigenvalue weighted by atomic mass is 16.5. The lowest BCUT2D eigenvalue weighted by molar-refractivity contribution is 0.167. The molecule has 0 unspecified atom stereocenters. The molecular formula is C10H26O2. The number of terminal acetylenes is 1. The zero-order valence-corrected chi connectivity index (χ0v) is 8.27. The van der Waals surface area contributed by atoms with Gasteiger partial charge in [-0.15, -0.1) is 6.42 Å². The van der Waals surface area contributed by atoms with Crippen LogP contribution in [0, 0.1) is 30.1 Å². The van der Waals surface area contributed by atoms with Crippen molar-refractivity contribution in [1.82, 2.24) is 0 Å². The highest BCUT2D eigenvalue weighted by Crippen LogP contribution is 1.88. The van der Waals surface area contributed by atoms with Gasteiger partial charge in [-0.25, -0.2) is 0 Å². The minimum atomic E-state index is 0. The van der Waals surface area contributed by atoms with Crippen molar-refractivity contribution < 1.29 is 15.9 Å². The molecule has 0 aromatic heterocycles. The summed E-state index contributed by atoms with van der Waals surface area (Å²) in [6, 6.07) is 0. The second-order valence-corrected chi connectivity index (χ2v) is 2.37. The van der Waals surface area contributed by atoms with Crippen molar-refractivity contribution in [2.75, 3.05) is 13.7 Å². The minimum Gasteiger partial charge on any atom is -0.412 e. The third-order valence-corrected chi connectivity index (χ3v) is 0.697. The van der Waals surface area contributed by atoms with Crippen LogP contribution < -0.4 is 0 Å². The molecule has 0 fully saturated rings. The van der Waals surface area contributed by atoms with Gasteiger partial charge in [0, 0.05) is 19.4 Å². The molecule has 0 rings (SSSR count). The summed E-state index contributed by atoms with van der Waals surface area (Å²) >= 11 is 0. The Kier molecular flexibility index (Phi) is 23.8. The lowest BCUT2D eigenvalue weighted by atomic mass is 10.2. The average molecular weight is 178 g/mol. The Morgan fingerprint density at radius 1 is 1.50 bits per heavy atom. The topological polar surface area (TPSA) is 40.7 Å². The molecule has 0 aliphatic heterocycles. The van der Waals surface area contributed by atoms with E-state index in [1.165, 1.54) is 0 Å². The minimum absolute atomic E-state index is 0. The Morgan fingerprint density at radius 2 is 2.00 bits per heavy atom. The van der Waals surface area contributed by atoms with Gasteiger partial charge in [0.25, 0.3) is 0 Å². The van der Waals surface area contributed by atoms with Crippen LogP contribution in [0.2, 0.25) is 0 Å². The largest absolute Gasteiger partial charge is 0.412 e. The molecule has 0 amide bonds. The molecule has 12 heavy (non-hydrogen) atoms. The van der Waals surface area contributed by atoms with Gasteiger partial charge in [0.05, 0.1) is 0 Å². The van der Waals surface area contributed by atoms with E-state index in [1.54, 1.807) is 14.0 Å². The fraction of sp³-hybridized carbons (Fsp3) is 0.600. The molecule has 0 aromatic rings. The summed E-state index contributed by atoms with van der Waals surface area (Å²) in [6.07, 6.45) is 4.72. The van der Waals surface area contributed by atoms with E-state index in [2.05, 4.69) is 31.6 Å². The van der Waals surface area contributed by atoms with E-state index >= 15 is 0 Å². The Balaban J connectivity index is -0.0000000155. The first-order chi connectivity index (χ1) is 5.18. The van der Waals surface area contributed by atoms with Gasteiger partial charge in [-0.1, -0.05) is 19.8 Å². The van der Waals surface area contributed by atoms with E-state index < -0.39 is 0 Å². The molecule has 0 heterocycles. The fourth-order valence-corrected chi connectivity index (χ4v) is 0.406. The van der Waals surface area contributed by atoms with Crippen LogP contribution >= 0.6 is 0 Å². The lowest BCUT2D eigenvalue weighted by Gasteiger charge is -1.97. The van der Waals surface area contributed by atoms with E-state index in [-0.39, 0.29) is 11.2 Å². The maximum Gasteiger partial charge on any atom is 0.0485 e. The first-order valence-electron chi connectivity index (χ1n) is 3.55. The van der Waals surface area contributed by atoms with Crippen LogP contribution in [-0.2, 0) is 4.74 Å². The molecule has 0 aliphatic carbocycles. The van der Waals surface area contributed by atoms with Crippen LogP contribution in [0.1, 0.15) is 26.5 Å². The number of rotatable bonds is 2. The van der Waals surface area contributed by atoms with Gasteiger partial charge in [-0.3, -0.25) is 0 Å². The zero-order valence-electron chi connectivity index (χ0n) is 8.27. The third-order valence-electron chi connectivity index (χ3n) is 0.697. The molecule has 78 valence electrons. The second kappa shape index (κ2) is 16.6. The van der Waals surface area contributed by atoms with E-state index in [1.807, 2.05) is 0 Å². The molecule has 0 saturated carbocycles. The predicted molar refractivity (Wildman–Crippen MR) is 61.1 cm³/mol. The summed E-state index contributed by atoms with van der Waals surface area (Å²) in [5.41, 5.74) is 0. The maximum atomic E-state index is 4.80. The van der Waals surface area contributed by atoms with Gasteiger partial charge in [-0.05, 0) is 24.7 Å². The van der Waals surface area contributed by atoms with Crippen molar-refractivity contribution in [2.24, 2.45) is 5.92 Å². The molecule has 2 heteroatoms. The van der Waals surface area contributed by atoms with Crippen LogP contribution in [0.15, 0.2) is 0 Å². The van der Waals surface area contributed by atoms with Crippen molar-refractivity contribution in [1.29, 1.82) is 0 Å². The van der Waals surface area contributed by atoms with Gasteiger partial charge < -0.3 is 10.2 Å². The van der Waals surface area contributed by atoms with Crippen LogP contribution in [0.4, 0.5) is 0 Å². The Morgan fingerprint density at radius 3 is 2.00 bits per heavy atom. The van der Waals surface area contributed by atoms with E-state index in [0.29, 0.717) is 5.92 Å². The molecule has 0 aliphatic rings. The van der Waals surface area contributed by atoms with Gasteiger partial charge in [0.2, 0.25) is 0 Å². The van der Waals surface area contributed by atoms with Crippen LogP contribution in [0.3, 0.4) is 0 Å². The Hall–Kier alpha value is -0.960. The molecule has 0 saturated heterocycles. The van der Waals surface area contributed by atoms with Gasteiger partial charge in [0.15, 0.2) is 0 Å². The van der Waals surface area contributed by atoms with Crippen LogP contribution in [0.25, 0.3) is 0 Å². The molecule has 0 bridgehead atoms. The fourth-order valence-electron chi connectivity index (χ4n) is 0.406. The molecule has 0 aromatic carbocycles. The van der Waals surface area contributed by atoms with Crippen molar-refractivity contribution in [3.8, 4) is 24.2 Å². The highest BCUT2D eigenvalue weighted by Gasteiger charge is 1.85. The SMILES string of the molecule is C#CC#CC.COCC(C)C.O.[HH].[HH].[HH].[HH]. The molecule has 0 spiro atoms. The monoisotopic (exact) mass is 178 g/mol. The van der Waals surface area contributed by atoms with Gasteiger partial charge in [-0.2, -0.15) is 0 Å². The summed E-state index contributed by atoms with van der Waals surface area (Å²) < 4.78 is 4.80. The smallest absolute Gasteiger partial charge is 0.0485 e.